The number of benzene rings is 1. The molecule has 2 unspecified atom stereocenters. The molecule has 2 atom stereocenters. The molecule has 1 heterocycles. The Labute approximate surface area is 125 Å². The monoisotopic (exact) mass is 345 g/mol. The Kier molecular flexibility index (Phi) is 3.91. The van der Waals surface area contributed by atoms with Crippen molar-refractivity contribution in [3.8, 4) is 0 Å². The summed E-state index contributed by atoms with van der Waals surface area (Å²) in [6, 6.07) is 3.69. The molecule has 0 bridgehead atoms. The molecule has 104 valence electrons. The quantitative estimate of drug-likeness (QED) is 0.883. The van der Waals surface area contributed by atoms with Gasteiger partial charge in [0.1, 0.15) is 5.82 Å². The van der Waals surface area contributed by atoms with Crippen LogP contribution in [0.1, 0.15) is 30.0 Å². The van der Waals surface area contributed by atoms with Crippen LogP contribution in [0, 0.1) is 5.82 Å². The zero-order chi connectivity index (χ0) is 13.5. The summed E-state index contributed by atoms with van der Waals surface area (Å²) in [5, 5.41) is 13.8. The fourth-order valence-corrected chi connectivity index (χ4v) is 4.65. The molecule has 0 spiro atoms. The van der Waals surface area contributed by atoms with E-state index in [0.717, 1.165) is 46.4 Å². The van der Waals surface area contributed by atoms with Gasteiger partial charge < -0.3 is 10.4 Å². The van der Waals surface area contributed by atoms with Crippen LogP contribution in [0.3, 0.4) is 0 Å². The number of thioether (sulfide) groups is 1. The SMILES string of the molecule is OC1(CNC2CCc3c(F)cc(Br)cc32)CCSC1. The zero-order valence-corrected chi connectivity index (χ0v) is 13.0. The van der Waals surface area contributed by atoms with E-state index in [4.69, 9.17) is 0 Å². The number of hydrogen-bond donors (Lipinski definition) is 2. The van der Waals surface area contributed by atoms with Gasteiger partial charge in [0, 0.05) is 22.8 Å². The van der Waals surface area contributed by atoms with Crippen molar-refractivity contribution in [1.29, 1.82) is 0 Å². The molecule has 0 radical (unpaired) electrons. The topological polar surface area (TPSA) is 32.3 Å². The summed E-state index contributed by atoms with van der Waals surface area (Å²) in [6.45, 7) is 0.595. The summed E-state index contributed by atoms with van der Waals surface area (Å²) in [4.78, 5) is 0. The van der Waals surface area contributed by atoms with Crippen LogP contribution >= 0.6 is 27.7 Å². The molecular weight excluding hydrogens is 329 g/mol. The molecule has 2 nitrogen and oxygen atoms in total. The minimum absolute atomic E-state index is 0.121. The van der Waals surface area contributed by atoms with Crippen LogP contribution in [0.2, 0.25) is 0 Å². The van der Waals surface area contributed by atoms with Gasteiger partial charge in [-0.05, 0) is 48.3 Å². The van der Waals surface area contributed by atoms with Crippen molar-refractivity contribution in [1.82, 2.24) is 5.32 Å². The van der Waals surface area contributed by atoms with Crippen LogP contribution < -0.4 is 5.32 Å². The highest BCUT2D eigenvalue weighted by molar-refractivity contribution is 9.10. The van der Waals surface area contributed by atoms with Gasteiger partial charge in [0.2, 0.25) is 0 Å². The van der Waals surface area contributed by atoms with Gasteiger partial charge in [0.05, 0.1) is 5.60 Å². The Morgan fingerprint density at radius 3 is 3.11 bits per heavy atom. The van der Waals surface area contributed by atoms with E-state index in [1.54, 1.807) is 11.8 Å². The molecule has 1 saturated heterocycles. The maximum atomic E-state index is 13.8. The van der Waals surface area contributed by atoms with Gasteiger partial charge in [-0.3, -0.25) is 0 Å². The molecule has 2 N–H and O–H groups in total. The van der Waals surface area contributed by atoms with Crippen molar-refractivity contribution in [3.05, 3.63) is 33.5 Å². The summed E-state index contributed by atoms with van der Waals surface area (Å²) >= 11 is 5.15. The van der Waals surface area contributed by atoms with E-state index in [1.807, 2.05) is 6.07 Å². The molecule has 1 fully saturated rings. The van der Waals surface area contributed by atoms with Gasteiger partial charge >= 0.3 is 0 Å². The first-order chi connectivity index (χ1) is 9.07. The van der Waals surface area contributed by atoms with E-state index in [1.165, 1.54) is 6.07 Å². The van der Waals surface area contributed by atoms with Gasteiger partial charge in [0.25, 0.3) is 0 Å². The van der Waals surface area contributed by atoms with Crippen LogP contribution in [0.25, 0.3) is 0 Å². The van der Waals surface area contributed by atoms with E-state index in [-0.39, 0.29) is 11.9 Å². The highest BCUT2D eigenvalue weighted by Gasteiger charge is 2.33. The average Bonchev–Trinajstić information content (AvgIpc) is 2.94. The largest absolute Gasteiger partial charge is 0.388 e. The third-order valence-electron chi connectivity index (χ3n) is 4.01. The summed E-state index contributed by atoms with van der Waals surface area (Å²) < 4.78 is 14.6. The van der Waals surface area contributed by atoms with Gasteiger partial charge in [-0.15, -0.1) is 0 Å². The molecule has 0 amide bonds. The van der Waals surface area contributed by atoms with Crippen molar-refractivity contribution in [2.24, 2.45) is 0 Å². The number of aliphatic hydroxyl groups is 1. The molecule has 1 aromatic carbocycles. The van der Waals surface area contributed by atoms with E-state index >= 15 is 0 Å². The molecule has 2 aliphatic rings. The Morgan fingerprint density at radius 2 is 2.37 bits per heavy atom. The van der Waals surface area contributed by atoms with E-state index in [0.29, 0.717) is 6.54 Å². The lowest BCUT2D eigenvalue weighted by Crippen LogP contribution is -2.41. The summed E-state index contributed by atoms with van der Waals surface area (Å²) in [5.41, 5.74) is 1.28. The summed E-state index contributed by atoms with van der Waals surface area (Å²) in [6.07, 6.45) is 2.53. The third kappa shape index (κ3) is 2.84. The number of rotatable bonds is 3. The smallest absolute Gasteiger partial charge is 0.127 e. The van der Waals surface area contributed by atoms with Crippen molar-refractivity contribution >= 4 is 27.7 Å². The normalized spacial score (nSPS) is 29.7. The highest BCUT2D eigenvalue weighted by Crippen LogP contribution is 2.36. The van der Waals surface area contributed by atoms with E-state index < -0.39 is 5.60 Å². The summed E-state index contributed by atoms with van der Waals surface area (Å²) in [5.74, 6) is 1.70. The van der Waals surface area contributed by atoms with E-state index in [2.05, 4.69) is 21.2 Å². The standard InChI is InChI=1S/C14H17BrFNOS/c15-9-5-11-10(12(16)6-9)1-2-13(11)17-7-14(18)3-4-19-8-14/h5-6,13,17-18H,1-4,7-8H2. The zero-order valence-electron chi connectivity index (χ0n) is 10.6. The fourth-order valence-electron chi connectivity index (χ4n) is 2.90. The summed E-state index contributed by atoms with van der Waals surface area (Å²) in [7, 11) is 0. The molecule has 1 aliphatic carbocycles. The maximum absolute atomic E-state index is 13.8. The molecule has 19 heavy (non-hydrogen) atoms. The Morgan fingerprint density at radius 1 is 1.53 bits per heavy atom. The first kappa shape index (κ1) is 13.9. The first-order valence-corrected chi connectivity index (χ1v) is 8.53. The first-order valence-electron chi connectivity index (χ1n) is 6.59. The maximum Gasteiger partial charge on any atom is 0.127 e. The highest BCUT2D eigenvalue weighted by atomic mass is 79.9. The lowest BCUT2D eigenvalue weighted by atomic mass is 10.0. The lowest BCUT2D eigenvalue weighted by molar-refractivity contribution is 0.0646. The van der Waals surface area contributed by atoms with Crippen LogP contribution in [0.5, 0.6) is 0 Å². The number of hydrogen-bond acceptors (Lipinski definition) is 3. The van der Waals surface area contributed by atoms with Crippen molar-refractivity contribution in [3.63, 3.8) is 0 Å². The minimum Gasteiger partial charge on any atom is -0.388 e. The van der Waals surface area contributed by atoms with Crippen LogP contribution in [-0.2, 0) is 6.42 Å². The fraction of sp³-hybridized carbons (Fsp3) is 0.571. The van der Waals surface area contributed by atoms with Gasteiger partial charge in [-0.2, -0.15) is 11.8 Å². The average molecular weight is 346 g/mol. The Bertz CT molecular complexity index is 491. The number of fused-ring (bicyclic) bond motifs is 1. The Hall–Kier alpha value is -0.100. The number of halogens is 2. The van der Waals surface area contributed by atoms with Crippen LogP contribution in [0.15, 0.2) is 16.6 Å². The molecule has 0 saturated carbocycles. The van der Waals surface area contributed by atoms with Crippen molar-refractivity contribution in [2.75, 3.05) is 18.1 Å². The van der Waals surface area contributed by atoms with Gasteiger partial charge in [-0.1, -0.05) is 15.9 Å². The minimum atomic E-state index is -0.585. The second-order valence-electron chi connectivity index (χ2n) is 5.45. The second-order valence-corrected chi connectivity index (χ2v) is 7.48. The third-order valence-corrected chi connectivity index (χ3v) is 5.71. The molecular formula is C14H17BrFNOS. The van der Waals surface area contributed by atoms with Crippen molar-refractivity contribution in [2.45, 2.75) is 30.9 Å². The van der Waals surface area contributed by atoms with Crippen LogP contribution in [-0.4, -0.2) is 28.8 Å². The van der Waals surface area contributed by atoms with Gasteiger partial charge in [0.15, 0.2) is 0 Å². The number of nitrogens with one attached hydrogen (secondary N) is 1. The second kappa shape index (κ2) is 5.35. The predicted octanol–water partition coefficient (Wildman–Crippen LogP) is 3.03. The Balaban J connectivity index is 1.72. The molecule has 1 aromatic rings. The predicted molar refractivity (Wildman–Crippen MR) is 80.1 cm³/mol. The van der Waals surface area contributed by atoms with Crippen LogP contribution in [0.4, 0.5) is 4.39 Å². The lowest BCUT2D eigenvalue weighted by Gasteiger charge is -2.24. The molecule has 0 aromatic heterocycles. The molecule has 3 rings (SSSR count). The van der Waals surface area contributed by atoms with Crippen molar-refractivity contribution < 1.29 is 9.50 Å². The molecule has 5 heteroatoms. The van der Waals surface area contributed by atoms with E-state index in [9.17, 15) is 9.50 Å². The molecule has 1 aliphatic heterocycles. The van der Waals surface area contributed by atoms with Gasteiger partial charge in [-0.25, -0.2) is 4.39 Å².